The van der Waals surface area contributed by atoms with Crippen LogP contribution in [0.1, 0.15) is 15.5 Å². The van der Waals surface area contributed by atoms with Gasteiger partial charge in [-0.3, -0.25) is 9.69 Å². The zero-order chi connectivity index (χ0) is 18.2. The summed E-state index contributed by atoms with van der Waals surface area (Å²) in [6.45, 7) is 4.11. The number of hydrogen-bond acceptors (Lipinski definition) is 4. The average molecular weight is 376 g/mol. The molecule has 0 saturated carbocycles. The minimum atomic E-state index is 0.0887. The van der Waals surface area contributed by atoms with Gasteiger partial charge in [-0.2, -0.15) is 0 Å². The average Bonchev–Trinajstić information content (AvgIpc) is 3.31. The highest BCUT2D eigenvalue weighted by molar-refractivity contribution is 7.18. The van der Waals surface area contributed by atoms with E-state index >= 15 is 0 Å². The number of carbonyl (C=O) groups is 1. The van der Waals surface area contributed by atoms with Crippen LogP contribution in [0, 0.1) is 0 Å². The zero-order valence-corrected chi connectivity index (χ0v) is 15.7. The fourth-order valence-electron chi connectivity index (χ4n) is 3.65. The Kier molecular flexibility index (Phi) is 4.14. The lowest BCUT2D eigenvalue weighted by atomic mass is 10.2. The molecule has 6 heteroatoms. The van der Waals surface area contributed by atoms with Crippen molar-refractivity contribution in [1.82, 2.24) is 19.8 Å². The number of aromatic amines is 1. The fraction of sp³-hybridized carbons (Fsp3) is 0.238. The minimum Gasteiger partial charge on any atom is -0.351 e. The lowest BCUT2D eigenvalue weighted by Crippen LogP contribution is -2.48. The number of carbonyl (C=O) groups excluding carboxylic acids is 1. The first-order valence-corrected chi connectivity index (χ1v) is 10.0. The number of piperazine rings is 1. The molecule has 5 nitrogen and oxygen atoms in total. The Morgan fingerprint density at radius 2 is 1.81 bits per heavy atom. The highest BCUT2D eigenvalue weighted by Crippen LogP contribution is 2.23. The highest BCUT2D eigenvalue weighted by atomic mass is 32.1. The van der Waals surface area contributed by atoms with E-state index in [0.717, 1.165) is 54.2 Å². The van der Waals surface area contributed by atoms with Gasteiger partial charge < -0.3 is 9.88 Å². The topological polar surface area (TPSA) is 52.2 Å². The normalized spacial score (nSPS) is 15.6. The molecule has 1 saturated heterocycles. The van der Waals surface area contributed by atoms with Crippen molar-refractivity contribution < 1.29 is 4.79 Å². The van der Waals surface area contributed by atoms with E-state index in [1.54, 1.807) is 11.3 Å². The van der Waals surface area contributed by atoms with Crippen molar-refractivity contribution >= 4 is 38.4 Å². The van der Waals surface area contributed by atoms with Crippen LogP contribution in [0.2, 0.25) is 0 Å². The molecular weight excluding hydrogens is 356 g/mol. The predicted octanol–water partition coefficient (Wildman–Crippen LogP) is 3.74. The summed E-state index contributed by atoms with van der Waals surface area (Å²) in [6.07, 6.45) is 0. The number of aromatic nitrogens is 2. The van der Waals surface area contributed by atoms with Gasteiger partial charge in [0.1, 0.15) is 10.7 Å². The Morgan fingerprint density at radius 1 is 1.04 bits per heavy atom. The molecule has 1 aliphatic rings. The monoisotopic (exact) mass is 376 g/mol. The second-order valence-corrected chi connectivity index (χ2v) is 8.03. The van der Waals surface area contributed by atoms with Crippen molar-refractivity contribution in [2.75, 3.05) is 26.2 Å². The van der Waals surface area contributed by atoms with E-state index in [-0.39, 0.29) is 5.91 Å². The third-order valence-electron chi connectivity index (χ3n) is 5.12. The summed E-state index contributed by atoms with van der Waals surface area (Å²) in [5.41, 5.74) is 2.76. The van der Waals surface area contributed by atoms with Crippen molar-refractivity contribution in [3.05, 3.63) is 65.3 Å². The molecule has 0 spiro atoms. The number of amides is 1. The molecule has 2 aromatic heterocycles. The molecule has 1 N–H and O–H groups in total. The van der Waals surface area contributed by atoms with Gasteiger partial charge in [-0.1, -0.05) is 30.3 Å². The summed E-state index contributed by atoms with van der Waals surface area (Å²) in [4.78, 5) is 25.1. The molecule has 2 aromatic carbocycles. The standard InChI is InChI=1S/C21H20N4OS/c26-21(18-13-15-5-1-2-6-16(15)22-18)25-11-9-24(10-12-25)14-20-23-17-7-3-4-8-19(17)27-20/h1-8,13,22H,9-12,14H2. The summed E-state index contributed by atoms with van der Waals surface area (Å²) in [5.74, 6) is 0.0887. The second-order valence-electron chi connectivity index (χ2n) is 6.91. The second kappa shape index (κ2) is 6.79. The molecule has 0 aliphatic carbocycles. The first-order chi connectivity index (χ1) is 13.3. The van der Waals surface area contributed by atoms with Crippen LogP contribution in [0.15, 0.2) is 54.6 Å². The molecule has 0 bridgehead atoms. The number of para-hydroxylation sites is 2. The van der Waals surface area contributed by atoms with E-state index in [0.29, 0.717) is 5.69 Å². The minimum absolute atomic E-state index is 0.0887. The largest absolute Gasteiger partial charge is 0.351 e. The molecule has 136 valence electrons. The number of thiazole rings is 1. The van der Waals surface area contributed by atoms with Gasteiger partial charge in [0.15, 0.2) is 0 Å². The Balaban J connectivity index is 1.23. The van der Waals surface area contributed by atoms with Gasteiger partial charge in [-0.05, 0) is 24.3 Å². The van der Waals surface area contributed by atoms with Crippen molar-refractivity contribution in [2.45, 2.75) is 6.54 Å². The zero-order valence-electron chi connectivity index (χ0n) is 14.9. The molecule has 0 unspecified atom stereocenters. The smallest absolute Gasteiger partial charge is 0.270 e. The lowest BCUT2D eigenvalue weighted by Gasteiger charge is -2.34. The van der Waals surface area contributed by atoms with Crippen LogP contribution >= 0.6 is 11.3 Å². The Morgan fingerprint density at radius 3 is 2.63 bits per heavy atom. The number of nitrogens with one attached hydrogen (secondary N) is 1. The van der Waals surface area contributed by atoms with Crippen LogP contribution in [0.3, 0.4) is 0 Å². The summed E-state index contributed by atoms with van der Waals surface area (Å²) < 4.78 is 1.24. The van der Waals surface area contributed by atoms with Crippen molar-refractivity contribution in [3.8, 4) is 0 Å². The van der Waals surface area contributed by atoms with Gasteiger partial charge >= 0.3 is 0 Å². The maximum atomic E-state index is 12.8. The van der Waals surface area contributed by atoms with Crippen molar-refractivity contribution in [2.24, 2.45) is 0 Å². The summed E-state index contributed by atoms with van der Waals surface area (Å²) >= 11 is 1.76. The molecule has 1 fully saturated rings. The van der Waals surface area contributed by atoms with Gasteiger partial charge in [-0.15, -0.1) is 11.3 Å². The van der Waals surface area contributed by atoms with Crippen molar-refractivity contribution in [1.29, 1.82) is 0 Å². The molecule has 27 heavy (non-hydrogen) atoms. The third kappa shape index (κ3) is 3.22. The number of benzene rings is 2. The molecule has 0 radical (unpaired) electrons. The number of rotatable bonds is 3. The number of nitrogens with zero attached hydrogens (tertiary/aromatic N) is 3. The van der Waals surface area contributed by atoms with E-state index in [1.165, 1.54) is 4.70 Å². The Bertz CT molecular complexity index is 1040. The number of hydrogen-bond donors (Lipinski definition) is 1. The van der Waals surface area contributed by atoms with Gasteiger partial charge in [0.05, 0.1) is 16.8 Å². The van der Waals surface area contributed by atoms with Crippen LogP contribution in [-0.2, 0) is 6.54 Å². The van der Waals surface area contributed by atoms with Crippen LogP contribution in [0.25, 0.3) is 21.1 Å². The molecule has 0 atom stereocenters. The maximum absolute atomic E-state index is 12.8. The Hall–Kier alpha value is -2.70. The lowest BCUT2D eigenvalue weighted by molar-refractivity contribution is 0.0623. The SMILES string of the molecule is O=C(c1cc2ccccc2[nH]1)N1CCN(Cc2nc3ccccc3s2)CC1. The highest BCUT2D eigenvalue weighted by Gasteiger charge is 2.23. The van der Waals surface area contributed by atoms with Gasteiger partial charge in [-0.25, -0.2) is 4.98 Å². The fourth-order valence-corrected chi connectivity index (χ4v) is 4.66. The van der Waals surface area contributed by atoms with E-state index in [4.69, 9.17) is 4.98 Å². The third-order valence-corrected chi connectivity index (χ3v) is 6.14. The molecule has 5 rings (SSSR count). The van der Waals surface area contributed by atoms with Crippen LogP contribution in [-0.4, -0.2) is 51.9 Å². The van der Waals surface area contributed by atoms with Crippen molar-refractivity contribution in [3.63, 3.8) is 0 Å². The van der Waals surface area contributed by atoms with Crippen LogP contribution in [0.4, 0.5) is 0 Å². The number of H-pyrrole nitrogens is 1. The number of fused-ring (bicyclic) bond motifs is 2. The Labute approximate surface area is 161 Å². The van der Waals surface area contributed by atoms with Gasteiger partial charge in [0.2, 0.25) is 0 Å². The van der Waals surface area contributed by atoms with E-state index in [1.807, 2.05) is 41.3 Å². The summed E-state index contributed by atoms with van der Waals surface area (Å²) in [5, 5.41) is 2.22. The van der Waals surface area contributed by atoms with E-state index in [2.05, 4.69) is 28.1 Å². The molecule has 3 heterocycles. The maximum Gasteiger partial charge on any atom is 0.270 e. The summed E-state index contributed by atoms with van der Waals surface area (Å²) in [6, 6.07) is 18.2. The first-order valence-electron chi connectivity index (χ1n) is 9.20. The van der Waals surface area contributed by atoms with Gasteiger partial charge in [0, 0.05) is 37.1 Å². The van der Waals surface area contributed by atoms with E-state index < -0.39 is 0 Å². The van der Waals surface area contributed by atoms with Gasteiger partial charge in [0.25, 0.3) is 5.91 Å². The molecular formula is C21H20N4OS. The first kappa shape index (κ1) is 16.5. The van der Waals surface area contributed by atoms with Crippen LogP contribution in [0.5, 0.6) is 0 Å². The quantitative estimate of drug-likeness (QED) is 0.593. The molecule has 1 amide bonds. The molecule has 4 aromatic rings. The predicted molar refractivity (Wildman–Crippen MR) is 109 cm³/mol. The molecule has 1 aliphatic heterocycles. The van der Waals surface area contributed by atoms with Crippen LogP contribution < -0.4 is 0 Å². The summed E-state index contributed by atoms with van der Waals surface area (Å²) in [7, 11) is 0. The van der Waals surface area contributed by atoms with E-state index in [9.17, 15) is 4.79 Å².